The van der Waals surface area contributed by atoms with Crippen molar-refractivity contribution in [1.82, 2.24) is 0 Å². The summed E-state index contributed by atoms with van der Waals surface area (Å²) in [5, 5.41) is 10.5. The maximum absolute atomic E-state index is 10.5. The Bertz CT molecular complexity index is 700. The van der Waals surface area contributed by atoms with E-state index in [1.165, 1.54) is 11.1 Å². The smallest absolute Gasteiger partial charge is 0.127 e. The molecule has 2 rings (SSSR count). The van der Waals surface area contributed by atoms with Crippen LogP contribution in [0, 0.1) is 0 Å². The standard InChI is InChI=1S/C22H29NO/c1-14(2)18-10-8-11-19(15(3)4)21(18)23-13-17-9-7-12-20(16(5)6)22(17)24/h7-16,24H,1-6H3. The SMILES string of the molecule is CC(C)c1cccc(C=Nc2c(C(C)C)cccc2C(C)C)c1O. The Morgan fingerprint density at radius 1 is 0.750 bits per heavy atom. The average molecular weight is 323 g/mol. The Morgan fingerprint density at radius 3 is 1.71 bits per heavy atom. The Kier molecular flexibility index (Phi) is 5.82. The molecule has 0 fully saturated rings. The van der Waals surface area contributed by atoms with Crippen molar-refractivity contribution in [3.05, 3.63) is 58.7 Å². The first-order valence-electron chi connectivity index (χ1n) is 8.81. The summed E-state index contributed by atoms with van der Waals surface area (Å²) in [5.74, 6) is 1.44. The third kappa shape index (κ3) is 3.87. The van der Waals surface area contributed by atoms with Gasteiger partial charge in [0.25, 0.3) is 0 Å². The summed E-state index contributed by atoms with van der Waals surface area (Å²) in [7, 11) is 0. The van der Waals surface area contributed by atoms with Gasteiger partial charge in [-0.3, -0.25) is 4.99 Å². The summed E-state index contributed by atoms with van der Waals surface area (Å²) in [6.45, 7) is 12.9. The molecular formula is C22H29NO. The van der Waals surface area contributed by atoms with Crippen LogP contribution in [0.3, 0.4) is 0 Å². The Labute approximate surface area is 146 Å². The highest BCUT2D eigenvalue weighted by molar-refractivity contribution is 5.86. The van der Waals surface area contributed by atoms with E-state index in [0.717, 1.165) is 16.8 Å². The van der Waals surface area contributed by atoms with Crippen molar-refractivity contribution in [2.75, 3.05) is 0 Å². The highest BCUT2D eigenvalue weighted by atomic mass is 16.3. The van der Waals surface area contributed by atoms with Gasteiger partial charge in [-0.15, -0.1) is 0 Å². The molecule has 2 nitrogen and oxygen atoms in total. The average Bonchev–Trinajstić information content (AvgIpc) is 2.53. The number of phenolic OH excluding ortho intramolecular Hbond substituents is 1. The molecule has 2 aromatic carbocycles. The van der Waals surface area contributed by atoms with Crippen molar-refractivity contribution in [2.45, 2.75) is 59.3 Å². The van der Waals surface area contributed by atoms with Crippen molar-refractivity contribution < 1.29 is 5.11 Å². The van der Waals surface area contributed by atoms with Crippen LogP contribution in [0.4, 0.5) is 5.69 Å². The minimum Gasteiger partial charge on any atom is -0.507 e. The lowest BCUT2D eigenvalue weighted by Crippen LogP contribution is -1.96. The highest BCUT2D eigenvalue weighted by Crippen LogP contribution is 2.35. The van der Waals surface area contributed by atoms with E-state index in [9.17, 15) is 5.11 Å². The van der Waals surface area contributed by atoms with Crippen LogP contribution < -0.4 is 0 Å². The van der Waals surface area contributed by atoms with Gasteiger partial charge >= 0.3 is 0 Å². The Morgan fingerprint density at radius 2 is 1.21 bits per heavy atom. The lowest BCUT2D eigenvalue weighted by atomic mass is 9.93. The molecule has 0 unspecified atom stereocenters. The number of phenols is 1. The van der Waals surface area contributed by atoms with Gasteiger partial charge in [0.05, 0.1) is 5.69 Å². The zero-order valence-electron chi connectivity index (χ0n) is 15.7. The fourth-order valence-corrected chi connectivity index (χ4v) is 2.94. The quantitative estimate of drug-likeness (QED) is 0.625. The topological polar surface area (TPSA) is 32.6 Å². The Hall–Kier alpha value is -2.09. The van der Waals surface area contributed by atoms with E-state index < -0.39 is 0 Å². The fourth-order valence-electron chi connectivity index (χ4n) is 2.94. The molecule has 0 bridgehead atoms. The molecule has 0 saturated heterocycles. The van der Waals surface area contributed by atoms with E-state index in [1.54, 1.807) is 6.21 Å². The predicted molar refractivity (Wildman–Crippen MR) is 104 cm³/mol. The predicted octanol–water partition coefficient (Wildman–Crippen LogP) is 6.51. The number of rotatable bonds is 5. The minimum atomic E-state index is 0.285. The van der Waals surface area contributed by atoms with Crippen molar-refractivity contribution in [2.24, 2.45) is 4.99 Å². The lowest BCUT2D eigenvalue weighted by Gasteiger charge is -2.16. The van der Waals surface area contributed by atoms with Gasteiger partial charge in [-0.25, -0.2) is 0 Å². The first-order chi connectivity index (χ1) is 11.3. The second-order valence-corrected chi connectivity index (χ2v) is 7.29. The van der Waals surface area contributed by atoms with Gasteiger partial charge < -0.3 is 5.11 Å². The maximum atomic E-state index is 10.5. The first-order valence-corrected chi connectivity index (χ1v) is 8.81. The number of aliphatic imine (C=N–C) groups is 1. The van der Waals surface area contributed by atoms with E-state index in [0.29, 0.717) is 17.6 Å². The molecule has 0 aliphatic heterocycles. The maximum Gasteiger partial charge on any atom is 0.127 e. The molecular weight excluding hydrogens is 294 g/mol. The van der Waals surface area contributed by atoms with E-state index >= 15 is 0 Å². The van der Waals surface area contributed by atoms with Crippen LogP contribution in [0.5, 0.6) is 5.75 Å². The molecule has 1 N–H and O–H groups in total. The van der Waals surface area contributed by atoms with Crippen LogP contribution >= 0.6 is 0 Å². The van der Waals surface area contributed by atoms with Gasteiger partial charge in [-0.05, 0) is 40.5 Å². The third-order valence-electron chi connectivity index (χ3n) is 4.40. The summed E-state index contributed by atoms with van der Waals surface area (Å²) in [5.41, 5.74) is 5.26. The zero-order valence-corrected chi connectivity index (χ0v) is 15.7. The summed E-state index contributed by atoms with van der Waals surface area (Å²) < 4.78 is 0. The number of nitrogens with zero attached hydrogens (tertiary/aromatic N) is 1. The van der Waals surface area contributed by atoms with Crippen LogP contribution in [0.2, 0.25) is 0 Å². The van der Waals surface area contributed by atoms with Crippen LogP contribution in [0.25, 0.3) is 0 Å². The summed E-state index contributed by atoms with van der Waals surface area (Å²) >= 11 is 0. The summed E-state index contributed by atoms with van der Waals surface area (Å²) in [6.07, 6.45) is 1.80. The molecule has 128 valence electrons. The second-order valence-electron chi connectivity index (χ2n) is 7.29. The number of benzene rings is 2. The largest absolute Gasteiger partial charge is 0.507 e. The van der Waals surface area contributed by atoms with E-state index in [-0.39, 0.29) is 5.92 Å². The van der Waals surface area contributed by atoms with Crippen LogP contribution in [0.15, 0.2) is 41.4 Å². The van der Waals surface area contributed by atoms with Gasteiger partial charge in [0, 0.05) is 11.8 Å². The molecule has 0 spiro atoms. The van der Waals surface area contributed by atoms with Crippen LogP contribution in [-0.4, -0.2) is 11.3 Å². The van der Waals surface area contributed by atoms with Gasteiger partial charge in [-0.1, -0.05) is 71.9 Å². The molecule has 0 heterocycles. The molecule has 2 aromatic rings. The van der Waals surface area contributed by atoms with Crippen molar-refractivity contribution in [1.29, 1.82) is 0 Å². The summed E-state index contributed by atoms with van der Waals surface area (Å²) in [6, 6.07) is 12.3. The minimum absolute atomic E-state index is 0.285. The lowest BCUT2D eigenvalue weighted by molar-refractivity contribution is 0.464. The van der Waals surface area contributed by atoms with Crippen LogP contribution in [-0.2, 0) is 0 Å². The number of para-hydroxylation sites is 2. The molecule has 0 amide bonds. The second kappa shape index (κ2) is 7.65. The van der Waals surface area contributed by atoms with Gasteiger partial charge in [0.2, 0.25) is 0 Å². The van der Waals surface area contributed by atoms with E-state index in [4.69, 9.17) is 4.99 Å². The monoisotopic (exact) mass is 323 g/mol. The molecule has 0 aromatic heterocycles. The Balaban J connectivity index is 2.52. The highest BCUT2D eigenvalue weighted by Gasteiger charge is 2.13. The van der Waals surface area contributed by atoms with Crippen LogP contribution in [0.1, 0.15) is 81.5 Å². The van der Waals surface area contributed by atoms with E-state index in [2.05, 4.69) is 59.7 Å². The third-order valence-corrected chi connectivity index (χ3v) is 4.40. The number of aromatic hydroxyl groups is 1. The molecule has 0 radical (unpaired) electrons. The van der Waals surface area contributed by atoms with Gasteiger partial charge in [-0.2, -0.15) is 0 Å². The fraction of sp³-hybridized carbons (Fsp3) is 0.409. The molecule has 0 aliphatic rings. The number of hydrogen-bond donors (Lipinski definition) is 1. The van der Waals surface area contributed by atoms with Gasteiger partial charge in [0.1, 0.15) is 5.75 Å². The summed E-state index contributed by atoms with van der Waals surface area (Å²) in [4.78, 5) is 4.80. The molecule has 0 atom stereocenters. The molecule has 0 aliphatic carbocycles. The first kappa shape index (κ1) is 18.3. The molecule has 24 heavy (non-hydrogen) atoms. The molecule has 2 heteroatoms. The number of hydrogen-bond acceptors (Lipinski definition) is 2. The molecule has 0 saturated carbocycles. The normalized spacial score (nSPS) is 12.0. The van der Waals surface area contributed by atoms with Crippen molar-refractivity contribution in [3.8, 4) is 5.75 Å². The zero-order chi connectivity index (χ0) is 17.9. The van der Waals surface area contributed by atoms with Gasteiger partial charge in [0.15, 0.2) is 0 Å². The van der Waals surface area contributed by atoms with Crippen molar-refractivity contribution >= 4 is 11.9 Å². The van der Waals surface area contributed by atoms with Crippen molar-refractivity contribution in [3.63, 3.8) is 0 Å². The van der Waals surface area contributed by atoms with E-state index in [1.807, 2.05) is 18.2 Å².